The summed E-state index contributed by atoms with van der Waals surface area (Å²) in [6.45, 7) is -1.69. The average molecular weight is 666 g/mol. The number of pyridine rings is 1. The number of halogens is 1. The van der Waals surface area contributed by atoms with Gasteiger partial charge in [-0.15, -0.1) is 0 Å². The van der Waals surface area contributed by atoms with Crippen molar-refractivity contribution in [3.05, 3.63) is 42.5 Å². The van der Waals surface area contributed by atoms with E-state index in [0.29, 0.717) is 0 Å². The molecule has 0 aliphatic carbocycles. The van der Waals surface area contributed by atoms with Gasteiger partial charge in [0.15, 0.2) is 35.6 Å². The van der Waals surface area contributed by atoms with Crippen LogP contribution < -0.4 is 16.0 Å². The molecule has 3 aromatic rings. The third-order valence-corrected chi connectivity index (χ3v) is 9.29. The lowest BCUT2D eigenvalue weighted by Crippen LogP contribution is -2.40. The topological polar surface area (TPSA) is 298 Å². The normalized spacial score (nSPS) is 29.9. The number of aromatic nitrogens is 5. The molecule has 2 aliphatic heterocycles. The molecular weight excluding hydrogens is 639 g/mol. The van der Waals surface area contributed by atoms with Crippen molar-refractivity contribution in [3.63, 3.8) is 0 Å². The molecule has 5 heterocycles. The van der Waals surface area contributed by atoms with E-state index in [1.54, 1.807) is 6.20 Å². The van der Waals surface area contributed by atoms with Gasteiger partial charge >= 0.3 is 21.7 Å². The van der Waals surface area contributed by atoms with Gasteiger partial charge in [-0.3, -0.25) is 18.4 Å². The third kappa shape index (κ3) is 6.94. The smallest absolute Gasteiger partial charge is 0.390 e. The summed E-state index contributed by atoms with van der Waals surface area (Å²) in [5.41, 5.74) is 10.8. The summed E-state index contributed by atoms with van der Waals surface area (Å²) in [7, 11) is -10.7. The molecule has 9 atom stereocenters. The molecule has 2 aliphatic rings. The van der Waals surface area contributed by atoms with Crippen LogP contribution in [-0.4, -0.2) is 94.3 Å². The second-order valence-corrected chi connectivity index (χ2v) is 12.7. The Bertz CT molecular complexity index is 1650. The first-order valence-corrected chi connectivity index (χ1v) is 15.6. The lowest BCUT2D eigenvalue weighted by Gasteiger charge is -2.20. The Kier molecular flexibility index (Phi) is 9.11. The fourth-order valence-electron chi connectivity index (χ4n) is 4.57. The number of nitrogen functional groups attached to an aromatic ring is 1. The number of phosphoric ester groups is 2. The van der Waals surface area contributed by atoms with Gasteiger partial charge in [0.25, 0.3) is 12.1 Å². The predicted molar refractivity (Wildman–Crippen MR) is 138 cm³/mol. The first-order chi connectivity index (χ1) is 20.6. The molecule has 4 unspecified atom stereocenters. The molecule has 2 fully saturated rings. The van der Waals surface area contributed by atoms with Crippen LogP contribution in [0.4, 0.5) is 10.2 Å². The minimum Gasteiger partial charge on any atom is -0.390 e. The van der Waals surface area contributed by atoms with E-state index in [4.69, 9.17) is 25.5 Å². The summed E-state index contributed by atoms with van der Waals surface area (Å²) in [5, 5.41) is 31.2. The van der Waals surface area contributed by atoms with E-state index in [2.05, 4.69) is 23.8 Å². The van der Waals surface area contributed by atoms with Crippen LogP contribution in [0.1, 0.15) is 29.2 Å². The Morgan fingerprint density at radius 1 is 1.11 bits per heavy atom. The standard InChI is InChI=1S/C21H26FN7O13P2/c22-21-26-17(23)14-19(27-21)29(8-25-14)20-16(32)15(31)12(41-20)7-39-44(36,37)42-43(34,35)38-6-11-10(30)4-13(40-11)28-3-1-2-9(5-28)18(24)33/h1-3,5,8,10-13,15-16,20,30-32H,4,6-7H2,(H5-,23,24,26,27,33,34,35,36,37)/p+1/t10?,11-,12-,13-,15?,16+,20-/m1/s1. The number of carbonyl (C=O) groups is 1. The van der Waals surface area contributed by atoms with E-state index >= 15 is 0 Å². The number of carbonyl (C=O) groups excluding carboxylic acids is 1. The van der Waals surface area contributed by atoms with Crippen molar-refractivity contribution >= 4 is 38.5 Å². The minimum absolute atomic E-state index is 0.000194. The van der Waals surface area contributed by atoms with Crippen LogP contribution in [0.15, 0.2) is 30.9 Å². The number of nitrogens with zero attached hydrogens (tertiary/aromatic N) is 5. The van der Waals surface area contributed by atoms with Gasteiger partial charge in [0.1, 0.15) is 30.0 Å². The number of phosphoric acid groups is 2. The van der Waals surface area contributed by atoms with Gasteiger partial charge < -0.3 is 46.0 Å². The van der Waals surface area contributed by atoms with E-state index in [0.717, 1.165) is 10.9 Å². The van der Waals surface area contributed by atoms with Gasteiger partial charge in [-0.05, 0) is 6.07 Å². The van der Waals surface area contributed by atoms with E-state index in [1.807, 2.05) is 0 Å². The van der Waals surface area contributed by atoms with Crippen LogP contribution in [0.2, 0.25) is 0 Å². The number of anilines is 1. The number of primary amides is 1. The summed E-state index contributed by atoms with van der Waals surface area (Å²) in [5.74, 6) is -0.989. The highest BCUT2D eigenvalue weighted by Crippen LogP contribution is 2.60. The SMILES string of the molecule is NC(=O)c1ccc[n+]([C@H]2CC(O)[C@@H](COP(=O)(O)OP(=O)(O)OC[C@H]3O[C@@H](n4cnc5c(N)nc(F)nc54)[C@@H](O)C3O)O2)c1. The number of amides is 1. The van der Waals surface area contributed by atoms with E-state index in [9.17, 15) is 43.4 Å². The molecule has 9 N–H and O–H groups in total. The molecule has 3 aromatic heterocycles. The van der Waals surface area contributed by atoms with Crippen molar-refractivity contribution in [1.82, 2.24) is 19.5 Å². The molecule has 1 amide bonds. The number of aliphatic hydroxyl groups excluding tert-OH is 3. The Hall–Kier alpha value is -3.04. The first-order valence-electron chi connectivity index (χ1n) is 12.6. The number of fused-ring (bicyclic) bond motifs is 1. The van der Waals surface area contributed by atoms with Crippen LogP contribution >= 0.6 is 15.6 Å². The van der Waals surface area contributed by atoms with Gasteiger partial charge in [0.05, 0.1) is 32.1 Å². The van der Waals surface area contributed by atoms with Crippen LogP contribution in [0, 0.1) is 6.08 Å². The highest BCUT2D eigenvalue weighted by molar-refractivity contribution is 7.61. The molecule has 0 bridgehead atoms. The summed E-state index contributed by atoms with van der Waals surface area (Å²) < 4.78 is 65.8. The molecule has 5 rings (SSSR count). The summed E-state index contributed by atoms with van der Waals surface area (Å²) >= 11 is 0. The number of rotatable bonds is 11. The molecule has 0 radical (unpaired) electrons. The quantitative estimate of drug-likeness (QED) is 0.0671. The van der Waals surface area contributed by atoms with Crippen LogP contribution in [-0.2, 0) is 32.0 Å². The Morgan fingerprint density at radius 2 is 1.80 bits per heavy atom. The van der Waals surface area contributed by atoms with Gasteiger partial charge in [0.2, 0.25) is 0 Å². The van der Waals surface area contributed by atoms with E-state index < -0.39 is 83.8 Å². The summed E-state index contributed by atoms with van der Waals surface area (Å²) in [4.78, 5) is 42.2. The van der Waals surface area contributed by atoms with Gasteiger partial charge in [-0.2, -0.15) is 23.2 Å². The van der Waals surface area contributed by atoms with Crippen molar-refractivity contribution in [2.75, 3.05) is 18.9 Å². The average Bonchev–Trinajstić information content (AvgIpc) is 3.61. The van der Waals surface area contributed by atoms with Crippen molar-refractivity contribution in [1.29, 1.82) is 0 Å². The van der Waals surface area contributed by atoms with Crippen molar-refractivity contribution in [3.8, 4) is 0 Å². The van der Waals surface area contributed by atoms with E-state index in [1.165, 1.54) is 22.9 Å². The zero-order valence-corrected chi connectivity index (χ0v) is 24.0. The molecule has 0 saturated carbocycles. The number of hydrogen-bond acceptors (Lipinski definition) is 15. The predicted octanol–water partition coefficient (Wildman–Crippen LogP) is -1.85. The molecule has 240 valence electrons. The second kappa shape index (κ2) is 12.4. The van der Waals surface area contributed by atoms with E-state index in [-0.39, 0.29) is 29.0 Å². The van der Waals surface area contributed by atoms with Crippen LogP contribution in [0.3, 0.4) is 0 Å². The largest absolute Gasteiger partial charge is 0.481 e. The molecule has 20 nitrogen and oxygen atoms in total. The number of hydrogen-bond donors (Lipinski definition) is 7. The Labute approximate surface area is 245 Å². The van der Waals surface area contributed by atoms with Crippen molar-refractivity contribution in [2.45, 2.75) is 49.4 Å². The lowest BCUT2D eigenvalue weighted by molar-refractivity contribution is -0.759. The maximum Gasteiger partial charge on any atom is 0.481 e. The summed E-state index contributed by atoms with van der Waals surface area (Å²) in [6.07, 6.45) is -6.70. The number of ether oxygens (including phenoxy) is 2. The van der Waals surface area contributed by atoms with Crippen molar-refractivity contribution in [2.24, 2.45) is 5.73 Å². The number of imidazole rings is 1. The minimum atomic E-state index is -5.36. The molecule has 23 heteroatoms. The van der Waals surface area contributed by atoms with Crippen LogP contribution in [0.5, 0.6) is 0 Å². The first kappa shape index (κ1) is 32.4. The van der Waals surface area contributed by atoms with Crippen molar-refractivity contribution < 1.29 is 70.8 Å². The highest BCUT2D eigenvalue weighted by atomic mass is 31.3. The molecule has 0 spiro atoms. The maximum atomic E-state index is 13.7. The second-order valence-electron chi connectivity index (χ2n) is 9.69. The van der Waals surface area contributed by atoms with Crippen LogP contribution in [0.25, 0.3) is 11.2 Å². The monoisotopic (exact) mass is 666 g/mol. The zero-order valence-electron chi connectivity index (χ0n) is 22.2. The summed E-state index contributed by atoms with van der Waals surface area (Å²) in [6, 6.07) is 2.99. The number of nitrogens with two attached hydrogens (primary N) is 2. The Morgan fingerprint density at radius 3 is 2.48 bits per heavy atom. The Balaban J connectivity index is 1.15. The van der Waals surface area contributed by atoms with Gasteiger partial charge in [-0.25, -0.2) is 14.1 Å². The van der Waals surface area contributed by atoms with Gasteiger partial charge in [-0.1, -0.05) is 0 Å². The lowest BCUT2D eigenvalue weighted by atomic mass is 10.1. The number of aliphatic hydroxyl groups is 3. The molecular formula is C21H27FN7O13P2+. The fourth-order valence-corrected chi connectivity index (χ4v) is 6.66. The third-order valence-electron chi connectivity index (χ3n) is 6.69. The van der Waals surface area contributed by atoms with Gasteiger partial charge in [0, 0.05) is 6.07 Å². The molecule has 0 aromatic carbocycles. The zero-order chi connectivity index (χ0) is 32.0. The molecule has 44 heavy (non-hydrogen) atoms. The fraction of sp³-hybridized carbons (Fsp3) is 0.476. The maximum absolute atomic E-state index is 13.7. The molecule has 2 saturated heterocycles. The highest BCUT2D eigenvalue weighted by Gasteiger charge is 2.47.